The number of nitrogens with zero attached hydrogens (tertiary/aromatic N) is 4. The smallest absolute Gasteiger partial charge is 0.238 e. The molecule has 3 aromatic heterocycles. The molecule has 5 heteroatoms. The van der Waals surface area contributed by atoms with Crippen molar-refractivity contribution in [2.75, 3.05) is 0 Å². The Hall–Kier alpha value is -8.93. The summed E-state index contributed by atoms with van der Waals surface area (Å²) in [5, 5.41) is 6.64. The Balaban J connectivity index is 0.966. The lowest BCUT2D eigenvalue weighted by Gasteiger charge is -2.22. The van der Waals surface area contributed by atoms with Crippen molar-refractivity contribution in [1.82, 2.24) is 19.5 Å². The maximum absolute atomic E-state index is 6.40. The van der Waals surface area contributed by atoms with E-state index in [1.54, 1.807) is 0 Å². The Bertz CT molecular complexity index is 4240. The maximum Gasteiger partial charge on any atom is 0.238 e. The molecule has 0 saturated heterocycles. The normalized spacial score (nSPS) is 14.2. The number of rotatable bonds is 6. The van der Waals surface area contributed by atoms with Crippen molar-refractivity contribution < 1.29 is 4.42 Å². The Morgan fingerprint density at radius 2 is 1.09 bits per heavy atom. The van der Waals surface area contributed by atoms with Crippen LogP contribution in [0, 0.1) is 0 Å². The van der Waals surface area contributed by atoms with Gasteiger partial charge in [-0.1, -0.05) is 202 Å². The Morgan fingerprint density at radius 1 is 0.457 bits per heavy atom. The van der Waals surface area contributed by atoms with Crippen LogP contribution in [-0.4, -0.2) is 19.5 Å². The predicted molar refractivity (Wildman–Crippen MR) is 289 cm³/mol. The second-order valence-electron chi connectivity index (χ2n) is 19.1. The minimum absolute atomic E-state index is 0.0800. The fourth-order valence-corrected chi connectivity index (χ4v) is 11.3. The van der Waals surface area contributed by atoms with Crippen LogP contribution < -0.4 is 0 Å². The van der Waals surface area contributed by atoms with Gasteiger partial charge in [-0.2, -0.15) is 9.97 Å². The summed E-state index contributed by atoms with van der Waals surface area (Å²) >= 11 is 0. The topological polar surface area (TPSA) is 56.7 Å². The van der Waals surface area contributed by atoms with E-state index in [4.69, 9.17) is 19.4 Å². The molecule has 2 aliphatic carbocycles. The molecule has 0 saturated carbocycles. The first-order valence-electron chi connectivity index (χ1n) is 24.1. The zero-order chi connectivity index (χ0) is 46.5. The van der Waals surface area contributed by atoms with E-state index in [9.17, 15) is 0 Å². The molecule has 14 rings (SSSR count). The summed E-state index contributed by atoms with van der Waals surface area (Å²) in [4.78, 5) is 16.0. The van der Waals surface area contributed by atoms with Gasteiger partial charge in [0.15, 0.2) is 11.6 Å². The van der Waals surface area contributed by atoms with Gasteiger partial charge in [-0.15, -0.1) is 0 Å². The van der Waals surface area contributed by atoms with Crippen molar-refractivity contribution in [1.29, 1.82) is 0 Å². The lowest BCUT2D eigenvalue weighted by atomic mass is 9.81. The third-order valence-corrected chi connectivity index (χ3v) is 14.7. The molecule has 5 nitrogen and oxygen atoms in total. The highest BCUT2D eigenvalue weighted by molar-refractivity contribution is 6.21. The van der Waals surface area contributed by atoms with Crippen molar-refractivity contribution in [2.45, 2.75) is 25.7 Å². The average molecular weight is 897 g/mol. The summed E-state index contributed by atoms with van der Waals surface area (Å²) in [7, 11) is 0. The SMILES string of the molecule is CC1(C)C2=C(C(c3cccc(-c4cccc(-c5cccc6c7ccc8ccccc8c7n(-c7nc(-c8ccccc8)nc(-c8ccc9c(c8)oc8ccccc89)n7)c56)c4)c3)=CCC=C2)c2ccccc21. The van der Waals surface area contributed by atoms with Crippen LogP contribution in [0.1, 0.15) is 37.0 Å². The fraction of sp³-hybridized carbons (Fsp3) is 0.0615. The first-order valence-corrected chi connectivity index (χ1v) is 24.1. The molecule has 0 amide bonds. The molecular weight excluding hydrogens is 853 g/mol. The lowest BCUT2D eigenvalue weighted by Crippen LogP contribution is -2.15. The van der Waals surface area contributed by atoms with E-state index in [0.29, 0.717) is 17.6 Å². The number of benzene rings is 9. The molecule has 12 aromatic rings. The molecule has 0 spiro atoms. The van der Waals surface area contributed by atoms with Crippen LogP contribution in [0.25, 0.3) is 117 Å². The molecule has 0 unspecified atom stereocenters. The van der Waals surface area contributed by atoms with Gasteiger partial charge >= 0.3 is 0 Å². The summed E-state index contributed by atoms with van der Waals surface area (Å²) < 4.78 is 8.68. The number of hydrogen-bond acceptors (Lipinski definition) is 4. The van der Waals surface area contributed by atoms with Crippen LogP contribution in [0.15, 0.2) is 228 Å². The minimum atomic E-state index is -0.0800. The van der Waals surface area contributed by atoms with E-state index in [1.807, 2.05) is 36.4 Å². The molecule has 0 atom stereocenters. The summed E-state index contributed by atoms with van der Waals surface area (Å²) in [5.41, 5.74) is 17.8. The van der Waals surface area contributed by atoms with E-state index >= 15 is 0 Å². The monoisotopic (exact) mass is 896 g/mol. The Labute approximate surface area is 405 Å². The van der Waals surface area contributed by atoms with Crippen molar-refractivity contribution in [3.8, 4) is 51.0 Å². The molecule has 2 aliphatic rings. The van der Waals surface area contributed by atoms with Crippen LogP contribution in [0.2, 0.25) is 0 Å². The molecular formula is C65H44N4O. The number of para-hydroxylation sites is 2. The number of allylic oxidation sites excluding steroid dienone is 6. The number of fused-ring (bicyclic) bond motifs is 10. The van der Waals surface area contributed by atoms with Crippen molar-refractivity contribution in [2.24, 2.45) is 0 Å². The third-order valence-electron chi connectivity index (χ3n) is 14.7. The predicted octanol–water partition coefficient (Wildman–Crippen LogP) is 16.8. The summed E-state index contributed by atoms with van der Waals surface area (Å²) in [6.45, 7) is 4.72. The lowest BCUT2D eigenvalue weighted by molar-refractivity contribution is 0.654. The molecule has 330 valence electrons. The summed E-state index contributed by atoms with van der Waals surface area (Å²) in [6.07, 6.45) is 7.96. The van der Waals surface area contributed by atoms with Gasteiger partial charge in [-0.3, -0.25) is 4.57 Å². The zero-order valence-electron chi connectivity index (χ0n) is 38.7. The van der Waals surface area contributed by atoms with Gasteiger partial charge in [0.2, 0.25) is 5.95 Å². The summed E-state index contributed by atoms with van der Waals surface area (Å²) in [6, 6.07) is 71.4. The van der Waals surface area contributed by atoms with Gasteiger partial charge in [0.1, 0.15) is 11.2 Å². The first kappa shape index (κ1) is 40.2. The van der Waals surface area contributed by atoms with Crippen molar-refractivity contribution in [3.63, 3.8) is 0 Å². The van der Waals surface area contributed by atoms with Crippen LogP contribution in [-0.2, 0) is 5.41 Å². The molecule has 0 aliphatic heterocycles. The second-order valence-corrected chi connectivity index (χ2v) is 19.1. The van der Waals surface area contributed by atoms with E-state index in [0.717, 1.165) is 88.8 Å². The van der Waals surface area contributed by atoms with Gasteiger partial charge in [-0.25, -0.2) is 4.98 Å². The van der Waals surface area contributed by atoms with Gasteiger partial charge in [0, 0.05) is 49.0 Å². The molecule has 0 N–H and O–H groups in total. The molecule has 0 radical (unpaired) electrons. The first-order chi connectivity index (χ1) is 34.5. The average Bonchev–Trinajstić information content (AvgIpc) is 3.96. The van der Waals surface area contributed by atoms with E-state index in [2.05, 4.69) is 200 Å². The standard InChI is InChI=1S/C65H44N4O/c1-65(2)55-30-11-9-27-54(55)59-47(24-8-12-31-56(59)65)44-22-14-20-42(37-44)43-21-15-23-45(38-43)49-28-16-29-52-53-36-33-40-17-6-7-25-48(40)60(53)69(61(49)52)64-67-62(41-18-4-3-5-19-41)66-63(68-64)46-34-35-51-50-26-10-13-32-57(50)70-58(51)39-46/h3-7,9-39H,8H2,1-2H3. The highest BCUT2D eigenvalue weighted by atomic mass is 16.3. The largest absolute Gasteiger partial charge is 0.456 e. The van der Waals surface area contributed by atoms with Crippen LogP contribution in [0.5, 0.6) is 0 Å². The minimum Gasteiger partial charge on any atom is -0.456 e. The quantitative estimate of drug-likeness (QED) is 0.167. The van der Waals surface area contributed by atoms with Crippen molar-refractivity contribution >= 4 is 65.7 Å². The van der Waals surface area contributed by atoms with E-state index in [-0.39, 0.29) is 5.41 Å². The molecule has 0 fully saturated rings. The second kappa shape index (κ2) is 15.6. The van der Waals surface area contributed by atoms with Gasteiger partial charge in [-0.05, 0) is 92.2 Å². The Morgan fingerprint density at radius 3 is 1.96 bits per heavy atom. The number of aromatic nitrogens is 4. The highest BCUT2D eigenvalue weighted by Gasteiger charge is 2.38. The highest BCUT2D eigenvalue weighted by Crippen LogP contribution is 2.52. The van der Waals surface area contributed by atoms with Gasteiger partial charge in [0.25, 0.3) is 0 Å². The molecule has 9 aromatic carbocycles. The summed E-state index contributed by atoms with van der Waals surface area (Å²) in [5.74, 6) is 1.69. The van der Waals surface area contributed by atoms with Crippen LogP contribution >= 0.6 is 0 Å². The van der Waals surface area contributed by atoms with Crippen molar-refractivity contribution in [3.05, 3.63) is 241 Å². The van der Waals surface area contributed by atoms with Crippen LogP contribution in [0.4, 0.5) is 0 Å². The number of furan rings is 1. The maximum atomic E-state index is 6.40. The molecule has 70 heavy (non-hydrogen) atoms. The van der Waals surface area contributed by atoms with E-state index in [1.165, 1.54) is 39.0 Å². The zero-order valence-corrected chi connectivity index (χ0v) is 38.7. The van der Waals surface area contributed by atoms with Gasteiger partial charge < -0.3 is 4.42 Å². The fourth-order valence-electron chi connectivity index (χ4n) is 11.3. The number of hydrogen-bond donors (Lipinski definition) is 0. The molecule has 3 heterocycles. The molecule has 0 bridgehead atoms. The van der Waals surface area contributed by atoms with Crippen LogP contribution in [0.3, 0.4) is 0 Å². The third kappa shape index (κ3) is 6.21. The van der Waals surface area contributed by atoms with E-state index < -0.39 is 0 Å². The Kier molecular flexibility index (Phi) is 8.93. The van der Waals surface area contributed by atoms with Gasteiger partial charge in [0.05, 0.1) is 11.0 Å².